The fourth-order valence-electron chi connectivity index (χ4n) is 0.118. The standard InChI is InChI=1S/C3H7NO2.K.H2O/c4-2-1-3(5)6;;/h1-2,4H2,(H,5,6);;1H2/q;+1;/p-1. The van der Waals surface area contributed by atoms with Crippen LogP contribution in [0.25, 0.3) is 0 Å². The summed E-state index contributed by atoms with van der Waals surface area (Å²) in [5.74, 6) is -1.09. The number of carboxylic acids is 1. The van der Waals surface area contributed by atoms with Gasteiger partial charge in [0, 0.05) is 5.97 Å². The molecule has 0 heterocycles. The van der Waals surface area contributed by atoms with E-state index < -0.39 is 5.97 Å². The normalized spacial score (nSPS) is 6.12. The summed E-state index contributed by atoms with van der Waals surface area (Å²) in [7, 11) is 0. The molecule has 0 aromatic heterocycles. The zero-order chi connectivity index (χ0) is 4.99. The van der Waals surface area contributed by atoms with Gasteiger partial charge in [0.15, 0.2) is 0 Å². The molecule has 0 amide bonds. The minimum absolute atomic E-state index is 0. The quantitative estimate of drug-likeness (QED) is 0.392. The van der Waals surface area contributed by atoms with Crippen LogP contribution < -0.4 is 62.2 Å². The topological polar surface area (TPSA) is 97.7 Å². The Morgan fingerprint density at radius 3 is 2.00 bits per heavy atom. The molecule has 0 spiro atoms. The third kappa shape index (κ3) is 15.7. The number of carboxylic acid groups (broad SMARTS) is 1. The Balaban J connectivity index is -0.000000125. The maximum atomic E-state index is 9.41. The van der Waals surface area contributed by atoms with Gasteiger partial charge in [0.25, 0.3) is 0 Å². The summed E-state index contributed by atoms with van der Waals surface area (Å²) < 4.78 is 0. The molecule has 0 bridgehead atoms. The predicted octanol–water partition coefficient (Wildman–Crippen LogP) is -5.74. The van der Waals surface area contributed by atoms with Crippen molar-refractivity contribution in [1.29, 1.82) is 0 Å². The summed E-state index contributed by atoms with van der Waals surface area (Å²) in [5, 5.41) is 9.41. The molecule has 0 atom stereocenters. The first-order valence-corrected chi connectivity index (χ1v) is 1.67. The zero-order valence-corrected chi connectivity index (χ0v) is 7.93. The maximum absolute atomic E-state index is 9.41. The SMILES string of the molecule is NCCC(=O)[O-].O.[K+]. The van der Waals surface area contributed by atoms with Crippen molar-refractivity contribution in [2.75, 3.05) is 6.54 Å². The van der Waals surface area contributed by atoms with E-state index in [9.17, 15) is 9.90 Å². The number of aliphatic carboxylic acids is 1. The largest absolute Gasteiger partial charge is 1.00 e. The number of carbonyl (C=O) groups excluding carboxylic acids is 1. The second kappa shape index (κ2) is 10.9. The monoisotopic (exact) mass is 145 g/mol. The van der Waals surface area contributed by atoms with Crippen LogP contribution in [0.1, 0.15) is 6.42 Å². The molecule has 0 fully saturated rings. The minimum atomic E-state index is -1.09. The summed E-state index contributed by atoms with van der Waals surface area (Å²) in [5.41, 5.74) is 4.81. The van der Waals surface area contributed by atoms with E-state index >= 15 is 0 Å². The first-order chi connectivity index (χ1) is 2.77. The molecule has 4 nitrogen and oxygen atoms in total. The first kappa shape index (κ1) is 16.0. The Hall–Kier alpha value is 1.03. The first-order valence-electron chi connectivity index (χ1n) is 1.67. The smallest absolute Gasteiger partial charge is 0.550 e. The molecule has 0 aromatic carbocycles. The molecule has 44 valence electrons. The van der Waals surface area contributed by atoms with E-state index in [1.165, 1.54) is 0 Å². The van der Waals surface area contributed by atoms with Crippen molar-refractivity contribution in [2.24, 2.45) is 5.73 Å². The fourth-order valence-corrected chi connectivity index (χ4v) is 0.118. The van der Waals surface area contributed by atoms with Gasteiger partial charge in [-0.2, -0.15) is 0 Å². The zero-order valence-electron chi connectivity index (χ0n) is 4.81. The average Bonchev–Trinajstić information content (AvgIpc) is 1.35. The third-order valence-electron chi connectivity index (χ3n) is 0.348. The van der Waals surface area contributed by atoms with Crippen molar-refractivity contribution in [1.82, 2.24) is 0 Å². The van der Waals surface area contributed by atoms with Crippen LogP contribution in [0.15, 0.2) is 0 Å². The number of rotatable bonds is 2. The van der Waals surface area contributed by atoms with Gasteiger partial charge in [-0.05, 0) is 13.0 Å². The van der Waals surface area contributed by atoms with Crippen molar-refractivity contribution in [2.45, 2.75) is 6.42 Å². The Labute approximate surface area is 90.2 Å². The van der Waals surface area contributed by atoms with Crippen LogP contribution in [0.5, 0.6) is 0 Å². The van der Waals surface area contributed by atoms with Crippen LogP contribution in [0.2, 0.25) is 0 Å². The van der Waals surface area contributed by atoms with Crippen LogP contribution in [0.3, 0.4) is 0 Å². The minimum Gasteiger partial charge on any atom is -0.550 e. The summed E-state index contributed by atoms with van der Waals surface area (Å²) in [4.78, 5) is 9.41. The Bertz CT molecular complexity index is 58.5. The second-order valence-electron chi connectivity index (χ2n) is 0.911. The van der Waals surface area contributed by atoms with Gasteiger partial charge in [0.05, 0.1) is 0 Å². The number of carbonyl (C=O) groups is 1. The summed E-state index contributed by atoms with van der Waals surface area (Å²) in [6, 6.07) is 0. The van der Waals surface area contributed by atoms with Gasteiger partial charge >= 0.3 is 51.4 Å². The molecule has 0 unspecified atom stereocenters. The van der Waals surface area contributed by atoms with Gasteiger partial charge in [0.2, 0.25) is 0 Å². The van der Waals surface area contributed by atoms with Crippen LogP contribution >= 0.6 is 0 Å². The van der Waals surface area contributed by atoms with E-state index in [1.54, 1.807) is 0 Å². The van der Waals surface area contributed by atoms with E-state index in [2.05, 4.69) is 0 Å². The third-order valence-corrected chi connectivity index (χ3v) is 0.348. The van der Waals surface area contributed by atoms with Crippen LogP contribution in [0.4, 0.5) is 0 Å². The van der Waals surface area contributed by atoms with Crippen molar-refractivity contribution in [3.63, 3.8) is 0 Å². The van der Waals surface area contributed by atoms with Gasteiger partial charge in [-0.1, -0.05) is 0 Å². The second-order valence-corrected chi connectivity index (χ2v) is 0.911. The summed E-state index contributed by atoms with van der Waals surface area (Å²) >= 11 is 0. The molecule has 0 saturated carbocycles. The fraction of sp³-hybridized carbons (Fsp3) is 0.667. The van der Waals surface area contributed by atoms with Gasteiger partial charge < -0.3 is 21.1 Å². The summed E-state index contributed by atoms with van der Waals surface area (Å²) in [6.07, 6.45) is -0.0417. The molecule has 5 heteroatoms. The summed E-state index contributed by atoms with van der Waals surface area (Å²) in [6.45, 7) is 0.169. The molecule has 0 radical (unpaired) electrons. The molecular formula is C3H8KNO3. The van der Waals surface area contributed by atoms with Gasteiger partial charge in [-0.3, -0.25) is 0 Å². The van der Waals surface area contributed by atoms with E-state index in [1.807, 2.05) is 0 Å². The van der Waals surface area contributed by atoms with E-state index in [4.69, 9.17) is 5.73 Å². The van der Waals surface area contributed by atoms with E-state index in [0.717, 1.165) is 0 Å². The number of nitrogens with two attached hydrogens (primary N) is 1. The van der Waals surface area contributed by atoms with Gasteiger partial charge in [0.1, 0.15) is 0 Å². The maximum Gasteiger partial charge on any atom is 1.00 e. The molecule has 8 heavy (non-hydrogen) atoms. The molecule has 0 aromatic rings. The number of hydrogen-bond donors (Lipinski definition) is 1. The molecule has 0 saturated heterocycles. The van der Waals surface area contributed by atoms with Crippen molar-refractivity contribution in [3.8, 4) is 0 Å². The Morgan fingerprint density at radius 1 is 1.62 bits per heavy atom. The van der Waals surface area contributed by atoms with Crippen molar-refractivity contribution < 1.29 is 66.8 Å². The molecule has 4 N–H and O–H groups in total. The van der Waals surface area contributed by atoms with Crippen molar-refractivity contribution >= 4 is 5.97 Å². The van der Waals surface area contributed by atoms with E-state index in [0.29, 0.717) is 0 Å². The van der Waals surface area contributed by atoms with Crippen LogP contribution in [0, 0.1) is 0 Å². The van der Waals surface area contributed by atoms with Crippen LogP contribution in [-0.4, -0.2) is 18.0 Å². The molecular weight excluding hydrogens is 137 g/mol. The number of hydrogen-bond acceptors (Lipinski definition) is 3. The average molecular weight is 145 g/mol. The predicted molar refractivity (Wildman–Crippen MR) is 22.3 cm³/mol. The van der Waals surface area contributed by atoms with Gasteiger partial charge in [-0.15, -0.1) is 0 Å². The molecule has 0 rings (SSSR count). The van der Waals surface area contributed by atoms with Crippen molar-refractivity contribution in [3.05, 3.63) is 0 Å². The molecule has 0 aliphatic carbocycles. The van der Waals surface area contributed by atoms with E-state index in [-0.39, 0.29) is 69.8 Å². The molecule has 0 aliphatic heterocycles. The van der Waals surface area contributed by atoms with Crippen LogP contribution in [-0.2, 0) is 4.79 Å². The Morgan fingerprint density at radius 2 is 2.00 bits per heavy atom. The van der Waals surface area contributed by atoms with Gasteiger partial charge in [-0.25, -0.2) is 0 Å². The Kier molecular flexibility index (Phi) is 21.8. The molecule has 0 aliphatic rings.